The van der Waals surface area contributed by atoms with Gasteiger partial charge in [-0.1, -0.05) is 17.7 Å². The highest BCUT2D eigenvalue weighted by Crippen LogP contribution is 2.22. The first-order valence-electron chi connectivity index (χ1n) is 5.14. The minimum atomic E-state index is -0.572. The predicted octanol–water partition coefficient (Wildman–Crippen LogP) is 2.99. The summed E-state index contributed by atoms with van der Waals surface area (Å²) >= 11 is 5.97. The predicted molar refractivity (Wildman–Crippen MR) is 74.9 cm³/mol. The monoisotopic (exact) mass is 276 g/mol. The molecule has 1 rings (SSSR count). The lowest BCUT2D eigenvalue weighted by Crippen LogP contribution is -2.37. The van der Waals surface area contributed by atoms with E-state index >= 15 is 0 Å². The molecule has 3 nitrogen and oxygen atoms in total. The van der Waals surface area contributed by atoms with Crippen molar-refractivity contribution in [1.29, 1.82) is 0 Å². The third-order valence-electron chi connectivity index (χ3n) is 2.55. The normalized spacial score (nSPS) is 10.6. The zero-order valence-electron chi connectivity index (χ0n) is 10.2. The Morgan fingerprint density at radius 1 is 1.47 bits per heavy atom. The minimum Gasteiger partial charge on any atom is -0.329 e. The average Bonchev–Trinajstić information content (AvgIpc) is 2.23. The van der Waals surface area contributed by atoms with Crippen molar-refractivity contribution in [2.75, 3.05) is 11.9 Å². The van der Waals surface area contributed by atoms with Crippen molar-refractivity contribution in [1.82, 2.24) is 0 Å². The maximum absolute atomic E-state index is 11.8. The van der Waals surface area contributed by atoms with Crippen molar-refractivity contribution < 1.29 is 4.79 Å². The number of nitrogens with one attached hydrogen (secondary N) is 1. The summed E-state index contributed by atoms with van der Waals surface area (Å²) in [6.45, 7) is 5.83. The highest BCUT2D eigenvalue weighted by molar-refractivity contribution is 6.31. The summed E-state index contributed by atoms with van der Waals surface area (Å²) in [7, 11) is 0. The fraction of sp³-hybridized carbons (Fsp3) is 0.417. The van der Waals surface area contributed by atoms with Gasteiger partial charge < -0.3 is 11.1 Å². The highest BCUT2D eigenvalue weighted by atomic mass is 35.5. The fourth-order valence-corrected chi connectivity index (χ4v) is 1.24. The van der Waals surface area contributed by atoms with Crippen molar-refractivity contribution in [3.63, 3.8) is 0 Å². The van der Waals surface area contributed by atoms with Crippen molar-refractivity contribution in [3.05, 3.63) is 28.8 Å². The van der Waals surface area contributed by atoms with E-state index in [4.69, 9.17) is 17.3 Å². The van der Waals surface area contributed by atoms with Gasteiger partial charge in [0.25, 0.3) is 0 Å². The number of carbonyl (C=O) groups excluding carboxylic acids is 1. The second-order valence-electron chi connectivity index (χ2n) is 4.51. The summed E-state index contributed by atoms with van der Waals surface area (Å²) < 4.78 is 0. The first-order valence-corrected chi connectivity index (χ1v) is 5.52. The zero-order chi connectivity index (χ0) is 12.3. The average molecular weight is 277 g/mol. The van der Waals surface area contributed by atoms with Crippen molar-refractivity contribution in [3.8, 4) is 0 Å². The van der Waals surface area contributed by atoms with Gasteiger partial charge in [-0.25, -0.2) is 0 Å². The Kier molecular flexibility index (Phi) is 5.96. The van der Waals surface area contributed by atoms with Gasteiger partial charge in [0.05, 0.1) is 5.41 Å². The number of hydrogen-bond acceptors (Lipinski definition) is 2. The third-order valence-corrected chi connectivity index (χ3v) is 2.96. The summed E-state index contributed by atoms with van der Waals surface area (Å²) in [5.74, 6) is -0.102. The molecule has 0 aromatic heterocycles. The minimum absolute atomic E-state index is 0. The molecule has 0 spiro atoms. The van der Waals surface area contributed by atoms with Gasteiger partial charge in [0.15, 0.2) is 0 Å². The molecule has 0 heterocycles. The Morgan fingerprint density at radius 3 is 2.53 bits per heavy atom. The van der Waals surface area contributed by atoms with Crippen molar-refractivity contribution in [2.45, 2.75) is 20.8 Å². The van der Waals surface area contributed by atoms with Crippen molar-refractivity contribution >= 4 is 35.6 Å². The van der Waals surface area contributed by atoms with Crippen LogP contribution in [-0.4, -0.2) is 12.5 Å². The van der Waals surface area contributed by atoms with Crippen LogP contribution in [0, 0.1) is 12.3 Å². The Labute approximate surface area is 113 Å². The van der Waals surface area contributed by atoms with Crippen LogP contribution in [-0.2, 0) is 4.79 Å². The molecule has 3 N–H and O–H groups in total. The molecule has 0 saturated heterocycles. The molecule has 0 aliphatic rings. The molecule has 17 heavy (non-hydrogen) atoms. The molecule has 0 fully saturated rings. The van der Waals surface area contributed by atoms with Crippen LogP contribution in [0.5, 0.6) is 0 Å². The molecule has 0 aliphatic carbocycles. The van der Waals surface area contributed by atoms with E-state index < -0.39 is 5.41 Å². The number of nitrogens with two attached hydrogens (primary N) is 1. The summed E-state index contributed by atoms with van der Waals surface area (Å²) in [6.07, 6.45) is 0. The standard InChI is InChI=1S/C12H17ClN2O.ClH/c1-8-4-5-9(6-10(8)13)15-11(16)12(2,3)7-14;/h4-6H,7,14H2,1-3H3,(H,15,16);1H. The van der Waals surface area contributed by atoms with E-state index in [0.29, 0.717) is 17.3 Å². The largest absolute Gasteiger partial charge is 0.329 e. The molecule has 0 saturated carbocycles. The van der Waals surface area contributed by atoms with Crippen LogP contribution in [0.3, 0.4) is 0 Å². The molecule has 0 unspecified atom stereocenters. The first kappa shape index (κ1) is 16.2. The Balaban J connectivity index is 0.00000256. The molecular weight excluding hydrogens is 259 g/mol. The maximum Gasteiger partial charge on any atom is 0.231 e. The van der Waals surface area contributed by atoms with Crippen LogP contribution in [0.15, 0.2) is 18.2 Å². The molecule has 0 atom stereocenters. The fourth-order valence-electron chi connectivity index (χ4n) is 1.06. The van der Waals surface area contributed by atoms with E-state index in [1.807, 2.05) is 19.1 Å². The Bertz CT molecular complexity index is 405. The van der Waals surface area contributed by atoms with E-state index in [0.717, 1.165) is 5.56 Å². The van der Waals surface area contributed by atoms with Gasteiger partial charge in [0.1, 0.15) is 0 Å². The van der Waals surface area contributed by atoms with Crippen LogP contribution >= 0.6 is 24.0 Å². The first-order chi connectivity index (χ1) is 7.36. The molecule has 0 bridgehead atoms. The Morgan fingerprint density at radius 2 is 2.06 bits per heavy atom. The molecule has 5 heteroatoms. The van der Waals surface area contributed by atoms with Gasteiger partial charge in [0, 0.05) is 17.3 Å². The van der Waals surface area contributed by atoms with Gasteiger partial charge >= 0.3 is 0 Å². The molecular formula is C12H18Cl2N2O. The van der Waals surface area contributed by atoms with Gasteiger partial charge in [0.2, 0.25) is 5.91 Å². The Hall–Kier alpha value is -0.770. The summed E-state index contributed by atoms with van der Waals surface area (Å²) in [5.41, 5.74) is 6.64. The van der Waals surface area contributed by atoms with E-state index in [1.165, 1.54) is 0 Å². The van der Waals surface area contributed by atoms with E-state index in [1.54, 1.807) is 19.9 Å². The summed E-state index contributed by atoms with van der Waals surface area (Å²) in [5, 5.41) is 3.44. The number of amides is 1. The van der Waals surface area contributed by atoms with Crippen molar-refractivity contribution in [2.24, 2.45) is 11.1 Å². The third kappa shape index (κ3) is 4.19. The van der Waals surface area contributed by atoms with Crippen LogP contribution in [0.2, 0.25) is 5.02 Å². The number of rotatable bonds is 3. The number of hydrogen-bond donors (Lipinski definition) is 2. The number of aryl methyl sites for hydroxylation is 1. The molecule has 1 aromatic carbocycles. The smallest absolute Gasteiger partial charge is 0.231 e. The molecule has 0 aliphatic heterocycles. The number of benzene rings is 1. The number of halogens is 2. The molecule has 0 radical (unpaired) electrons. The number of carbonyl (C=O) groups is 1. The van der Waals surface area contributed by atoms with Crippen LogP contribution in [0.4, 0.5) is 5.69 Å². The highest BCUT2D eigenvalue weighted by Gasteiger charge is 2.25. The summed E-state index contributed by atoms with van der Waals surface area (Å²) in [6, 6.07) is 5.43. The molecule has 1 aromatic rings. The second-order valence-corrected chi connectivity index (χ2v) is 4.91. The van der Waals surface area contributed by atoms with Gasteiger partial charge in [-0.05, 0) is 38.5 Å². The summed E-state index contributed by atoms with van der Waals surface area (Å²) in [4.78, 5) is 11.8. The van der Waals surface area contributed by atoms with Gasteiger partial charge in [-0.2, -0.15) is 0 Å². The van der Waals surface area contributed by atoms with E-state index in [2.05, 4.69) is 5.32 Å². The lowest BCUT2D eigenvalue weighted by atomic mass is 9.92. The van der Waals surface area contributed by atoms with E-state index in [9.17, 15) is 4.79 Å². The van der Waals surface area contributed by atoms with Gasteiger partial charge in [-0.3, -0.25) is 4.79 Å². The molecule has 1 amide bonds. The zero-order valence-corrected chi connectivity index (χ0v) is 11.8. The lowest BCUT2D eigenvalue weighted by Gasteiger charge is -2.21. The van der Waals surface area contributed by atoms with Crippen LogP contribution < -0.4 is 11.1 Å². The van der Waals surface area contributed by atoms with Crippen LogP contribution in [0.1, 0.15) is 19.4 Å². The van der Waals surface area contributed by atoms with Crippen LogP contribution in [0.25, 0.3) is 0 Å². The number of anilines is 1. The topological polar surface area (TPSA) is 55.1 Å². The maximum atomic E-state index is 11.8. The SMILES string of the molecule is Cc1ccc(NC(=O)C(C)(C)CN)cc1Cl.Cl. The van der Waals surface area contributed by atoms with E-state index in [-0.39, 0.29) is 18.3 Å². The molecule has 96 valence electrons. The second kappa shape index (κ2) is 6.24. The lowest BCUT2D eigenvalue weighted by molar-refractivity contribution is -0.123. The quantitative estimate of drug-likeness (QED) is 0.892. The van der Waals surface area contributed by atoms with Gasteiger partial charge in [-0.15, -0.1) is 12.4 Å².